The van der Waals surface area contributed by atoms with Gasteiger partial charge in [-0.3, -0.25) is 0 Å². The Morgan fingerprint density at radius 1 is 1.24 bits per heavy atom. The van der Waals surface area contributed by atoms with Crippen molar-refractivity contribution >= 4 is 11.8 Å². The smallest absolute Gasteiger partial charge is 0.324 e. The lowest BCUT2D eigenvalue weighted by atomic mass is 10.1. The van der Waals surface area contributed by atoms with Crippen molar-refractivity contribution in [1.29, 1.82) is 0 Å². The van der Waals surface area contributed by atoms with E-state index in [0.29, 0.717) is 23.8 Å². The second-order valence-corrected chi connectivity index (χ2v) is 5.88. The molecule has 0 bridgehead atoms. The normalized spacial score (nSPS) is 18.7. The molecule has 0 radical (unpaired) electrons. The summed E-state index contributed by atoms with van der Waals surface area (Å²) in [7, 11) is 1.98. The van der Waals surface area contributed by atoms with Gasteiger partial charge in [0.1, 0.15) is 0 Å². The van der Waals surface area contributed by atoms with Crippen LogP contribution in [0.1, 0.15) is 30.3 Å². The lowest BCUT2D eigenvalue weighted by Gasteiger charge is -2.43. The van der Waals surface area contributed by atoms with Crippen molar-refractivity contribution in [2.75, 3.05) is 29.9 Å². The molecule has 0 spiro atoms. The monoisotopic (exact) mass is 286 g/mol. The van der Waals surface area contributed by atoms with Crippen LogP contribution in [0.2, 0.25) is 0 Å². The first-order chi connectivity index (χ1) is 10.2. The van der Waals surface area contributed by atoms with Crippen LogP contribution in [0.3, 0.4) is 0 Å². The first-order valence-electron chi connectivity index (χ1n) is 7.32. The van der Waals surface area contributed by atoms with Gasteiger partial charge in [-0.25, -0.2) is 0 Å². The minimum atomic E-state index is 0.370. The molecule has 1 aliphatic carbocycles. The average Bonchev–Trinajstić information content (AvgIpc) is 3.20. The van der Waals surface area contributed by atoms with Gasteiger partial charge in [0, 0.05) is 26.1 Å². The Labute approximate surface area is 123 Å². The molecule has 0 amide bonds. The highest BCUT2D eigenvalue weighted by Gasteiger charge is 2.33. The topological polar surface area (TPSA) is 71.2 Å². The molecule has 3 heterocycles. The molecule has 1 aliphatic heterocycles. The first-order valence-corrected chi connectivity index (χ1v) is 7.32. The Hall–Kier alpha value is -2.18. The van der Waals surface area contributed by atoms with Gasteiger partial charge in [0.05, 0.1) is 11.7 Å². The lowest BCUT2D eigenvalue weighted by molar-refractivity contribution is 0.387. The van der Waals surface area contributed by atoms with E-state index in [-0.39, 0.29) is 0 Å². The number of nitrogens with zero attached hydrogens (tertiary/aromatic N) is 6. The summed E-state index contributed by atoms with van der Waals surface area (Å²) in [6.45, 7) is 3.62. The number of hydrogen-bond acceptors (Lipinski definition) is 7. The molecule has 2 aromatic rings. The largest absolute Gasteiger partial charge is 0.351 e. The maximum absolute atomic E-state index is 5.19. The Morgan fingerprint density at radius 2 is 2.05 bits per heavy atom. The predicted octanol–water partition coefficient (Wildman–Crippen LogP) is 1.37. The summed E-state index contributed by atoms with van der Waals surface area (Å²) in [5.74, 6) is 2.27. The van der Waals surface area contributed by atoms with Crippen LogP contribution in [0.15, 0.2) is 16.7 Å². The third-order valence-corrected chi connectivity index (χ3v) is 4.22. The summed E-state index contributed by atoms with van der Waals surface area (Å²) >= 11 is 0. The van der Waals surface area contributed by atoms with Crippen LogP contribution in [-0.4, -0.2) is 46.5 Å². The van der Waals surface area contributed by atoms with Gasteiger partial charge in [-0.2, -0.15) is 10.1 Å². The minimum Gasteiger partial charge on any atom is -0.351 e. The SMILES string of the molecule is Cc1noc(N(C)C2CN(c3ccc(C4CC4)nn3)C2)n1. The van der Waals surface area contributed by atoms with E-state index in [1.54, 1.807) is 0 Å². The van der Waals surface area contributed by atoms with Crippen molar-refractivity contribution in [3.63, 3.8) is 0 Å². The second-order valence-electron chi connectivity index (χ2n) is 5.88. The van der Waals surface area contributed by atoms with Crippen molar-refractivity contribution in [2.24, 2.45) is 0 Å². The summed E-state index contributed by atoms with van der Waals surface area (Å²) in [5.41, 5.74) is 1.13. The number of anilines is 2. The second kappa shape index (κ2) is 4.68. The van der Waals surface area contributed by atoms with Crippen molar-refractivity contribution < 1.29 is 4.52 Å². The first kappa shape index (κ1) is 12.6. The van der Waals surface area contributed by atoms with Crippen LogP contribution in [0.25, 0.3) is 0 Å². The van der Waals surface area contributed by atoms with E-state index >= 15 is 0 Å². The quantitative estimate of drug-likeness (QED) is 0.840. The Morgan fingerprint density at radius 3 is 2.62 bits per heavy atom. The molecule has 2 aromatic heterocycles. The van der Waals surface area contributed by atoms with Gasteiger partial charge in [0.2, 0.25) is 0 Å². The van der Waals surface area contributed by atoms with E-state index in [4.69, 9.17) is 4.52 Å². The Kier molecular flexibility index (Phi) is 2.80. The van der Waals surface area contributed by atoms with Crippen molar-refractivity contribution in [3.05, 3.63) is 23.7 Å². The molecule has 0 aromatic carbocycles. The molecule has 21 heavy (non-hydrogen) atoms. The summed E-state index contributed by atoms with van der Waals surface area (Å²) in [6.07, 6.45) is 2.52. The van der Waals surface area contributed by atoms with Gasteiger partial charge >= 0.3 is 6.01 Å². The van der Waals surface area contributed by atoms with Crippen molar-refractivity contribution in [1.82, 2.24) is 20.3 Å². The molecule has 4 rings (SSSR count). The minimum absolute atomic E-state index is 0.370. The fraction of sp³-hybridized carbons (Fsp3) is 0.571. The van der Waals surface area contributed by atoms with Crippen molar-refractivity contribution in [2.45, 2.75) is 31.7 Å². The maximum Gasteiger partial charge on any atom is 0.324 e. The van der Waals surface area contributed by atoms with Gasteiger partial charge < -0.3 is 14.3 Å². The zero-order valence-corrected chi connectivity index (χ0v) is 12.2. The van der Waals surface area contributed by atoms with E-state index in [9.17, 15) is 0 Å². The third kappa shape index (κ3) is 2.32. The highest BCUT2D eigenvalue weighted by Crippen LogP contribution is 2.38. The highest BCUT2D eigenvalue weighted by atomic mass is 16.5. The molecule has 7 nitrogen and oxygen atoms in total. The molecule has 0 atom stereocenters. The van der Waals surface area contributed by atoms with Crippen LogP contribution in [-0.2, 0) is 0 Å². The molecule has 110 valence electrons. The number of rotatable bonds is 4. The van der Waals surface area contributed by atoms with Crippen LogP contribution >= 0.6 is 0 Å². The number of likely N-dealkylation sites (N-methyl/N-ethyl adjacent to an activating group) is 1. The van der Waals surface area contributed by atoms with E-state index in [1.165, 1.54) is 12.8 Å². The number of hydrogen-bond donors (Lipinski definition) is 0. The fourth-order valence-electron chi connectivity index (χ4n) is 2.57. The molecule has 0 unspecified atom stereocenters. The molecule has 0 N–H and O–H groups in total. The predicted molar refractivity (Wildman–Crippen MR) is 77.4 cm³/mol. The van der Waals surface area contributed by atoms with Gasteiger partial charge in [0.15, 0.2) is 11.6 Å². The number of aromatic nitrogens is 4. The van der Waals surface area contributed by atoms with E-state index in [2.05, 4.69) is 37.4 Å². The molecule has 7 heteroatoms. The third-order valence-electron chi connectivity index (χ3n) is 4.22. The summed E-state index contributed by atoms with van der Waals surface area (Å²) < 4.78 is 5.19. The Balaban J connectivity index is 1.37. The molecule has 1 saturated carbocycles. The van der Waals surface area contributed by atoms with Crippen LogP contribution in [0, 0.1) is 6.92 Å². The van der Waals surface area contributed by atoms with Gasteiger partial charge in [-0.1, -0.05) is 5.16 Å². The highest BCUT2D eigenvalue weighted by molar-refractivity contribution is 5.45. The molecular weight excluding hydrogens is 268 g/mol. The average molecular weight is 286 g/mol. The zero-order chi connectivity index (χ0) is 14.4. The van der Waals surface area contributed by atoms with Gasteiger partial charge in [-0.15, -0.1) is 5.10 Å². The molecule has 2 fully saturated rings. The van der Waals surface area contributed by atoms with Crippen LogP contribution < -0.4 is 9.80 Å². The summed E-state index contributed by atoms with van der Waals surface area (Å²) in [6, 6.07) is 5.13. The standard InChI is InChI=1S/C14H18N6O/c1-9-15-14(21-18-9)19(2)11-7-20(8-11)13-6-5-12(16-17-13)10-3-4-10/h5-6,10-11H,3-4,7-8H2,1-2H3. The van der Waals surface area contributed by atoms with Crippen molar-refractivity contribution in [3.8, 4) is 0 Å². The lowest BCUT2D eigenvalue weighted by Crippen LogP contribution is -2.59. The van der Waals surface area contributed by atoms with Crippen LogP contribution in [0.4, 0.5) is 11.8 Å². The molecule has 2 aliphatic rings. The van der Waals surface area contributed by atoms with E-state index in [0.717, 1.165) is 24.6 Å². The van der Waals surface area contributed by atoms with E-state index in [1.807, 2.05) is 18.9 Å². The zero-order valence-electron chi connectivity index (χ0n) is 12.2. The number of aryl methyl sites for hydroxylation is 1. The molecular formula is C14H18N6O. The summed E-state index contributed by atoms with van der Waals surface area (Å²) in [5, 5.41) is 12.5. The van der Waals surface area contributed by atoms with E-state index < -0.39 is 0 Å². The Bertz CT molecular complexity index is 629. The summed E-state index contributed by atoms with van der Waals surface area (Å²) in [4.78, 5) is 8.50. The van der Waals surface area contributed by atoms with Gasteiger partial charge in [-0.05, 0) is 31.9 Å². The van der Waals surface area contributed by atoms with Gasteiger partial charge in [0.25, 0.3) is 0 Å². The maximum atomic E-state index is 5.19. The fourth-order valence-corrected chi connectivity index (χ4v) is 2.57. The van der Waals surface area contributed by atoms with Crippen LogP contribution in [0.5, 0.6) is 0 Å². The molecule has 1 saturated heterocycles.